The van der Waals surface area contributed by atoms with Crippen molar-refractivity contribution in [2.75, 3.05) is 26.3 Å². The number of carbonyl (C=O) groups is 1. The molecular weight excluding hydrogens is 264 g/mol. The van der Waals surface area contributed by atoms with Gasteiger partial charge < -0.3 is 15.8 Å². The molecule has 3 N–H and O–H groups in total. The number of hydrogen-bond donors (Lipinski definition) is 2. The monoisotopic (exact) mass is 282 g/mol. The molecule has 1 aliphatic rings. The maximum Gasteiger partial charge on any atom is 0.233 e. The van der Waals surface area contributed by atoms with Gasteiger partial charge in [-0.15, -0.1) is 0 Å². The van der Waals surface area contributed by atoms with Crippen LogP contribution in [-0.2, 0) is 14.9 Å². The number of carbonyl (C=O) groups excluding carboxylic acids is 1. The van der Waals surface area contributed by atoms with E-state index in [4.69, 9.17) is 22.1 Å². The van der Waals surface area contributed by atoms with Crippen LogP contribution in [0.3, 0.4) is 0 Å². The summed E-state index contributed by atoms with van der Waals surface area (Å²) in [5, 5.41) is 3.62. The molecule has 0 bridgehead atoms. The second-order valence-corrected chi connectivity index (χ2v) is 5.32. The van der Waals surface area contributed by atoms with Crippen LogP contribution in [0.15, 0.2) is 24.3 Å². The maximum atomic E-state index is 11.4. The first kappa shape index (κ1) is 14.3. The minimum atomic E-state index is -0.125. The van der Waals surface area contributed by atoms with Gasteiger partial charge in [0.25, 0.3) is 0 Å². The Morgan fingerprint density at radius 2 is 1.95 bits per heavy atom. The third-order valence-corrected chi connectivity index (χ3v) is 3.97. The first-order valence-corrected chi connectivity index (χ1v) is 6.85. The largest absolute Gasteiger partial charge is 0.381 e. The zero-order chi connectivity index (χ0) is 13.7. The van der Waals surface area contributed by atoms with E-state index < -0.39 is 0 Å². The molecule has 0 atom stereocenters. The third kappa shape index (κ3) is 3.47. The van der Waals surface area contributed by atoms with Crippen LogP contribution in [-0.4, -0.2) is 32.2 Å². The molecule has 1 fully saturated rings. The van der Waals surface area contributed by atoms with Crippen LogP contribution in [0, 0.1) is 0 Å². The molecule has 0 spiro atoms. The highest BCUT2D eigenvalue weighted by Crippen LogP contribution is 2.34. The molecule has 1 aromatic carbocycles. The van der Waals surface area contributed by atoms with Crippen LogP contribution in [0.5, 0.6) is 0 Å². The number of halogens is 1. The zero-order valence-corrected chi connectivity index (χ0v) is 11.6. The predicted octanol–water partition coefficient (Wildman–Crippen LogP) is 1.46. The van der Waals surface area contributed by atoms with Gasteiger partial charge in [0.15, 0.2) is 0 Å². The van der Waals surface area contributed by atoms with Gasteiger partial charge in [0, 0.05) is 30.2 Å². The van der Waals surface area contributed by atoms with E-state index in [-0.39, 0.29) is 17.9 Å². The van der Waals surface area contributed by atoms with Gasteiger partial charge in [0.05, 0.1) is 6.54 Å². The summed E-state index contributed by atoms with van der Waals surface area (Å²) in [5.41, 5.74) is 6.45. The second-order valence-electron chi connectivity index (χ2n) is 4.88. The second kappa shape index (κ2) is 6.37. The van der Waals surface area contributed by atoms with Crippen molar-refractivity contribution < 1.29 is 9.53 Å². The summed E-state index contributed by atoms with van der Waals surface area (Å²) in [4.78, 5) is 11.4. The number of rotatable bonds is 4. The van der Waals surface area contributed by atoms with Gasteiger partial charge in [-0.3, -0.25) is 4.79 Å². The Hall–Kier alpha value is -1.10. The first-order chi connectivity index (χ1) is 9.16. The normalized spacial score (nSPS) is 18.0. The van der Waals surface area contributed by atoms with Crippen LogP contribution in [0.25, 0.3) is 0 Å². The van der Waals surface area contributed by atoms with Crippen molar-refractivity contribution in [3.8, 4) is 0 Å². The topological polar surface area (TPSA) is 64.4 Å². The van der Waals surface area contributed by atoms with Gasteiger partial charge in [-0.1, -0.05) is 23.7 Å². The van der Waals surface area contributed by atoms with E-state index in [0.717, 1.165) is 17.9 Å². The molecule has 19 heavy (non-hydrogen) atoms. The lowest BCUT2D eigenvalue weighted by Crippen LogP contribution is -2.45. The summed E-state index contributed by atoms with van der Waals surface area (Å²) in [6, 6.07) is 7.84. The van der Waals surface area contributed by atoms with Crippen LogP contribution in [0.4, 0.5) is 0 Å². The lowest BCUT2D eigenvalue weighted by Gasteiger charge is -2.38. The maximum absolute atomic E-state index is 11.4. The van der Waals surface area contributed by atoms with E-state index in [1.165, 1.54) is 5.56 Å². The summed E-state index contributed by atoms with van der Waals surface area (Å²) in [7, 11) is 0. The molecule has 1 amide bonds. The summed E-state index contributed by atoms with van der Waals surface area (Å²) >= 11 is 5.93. The smallest absolute Gasteiger partial charge is 0.233 e. The van der Waals surface area contributed by atoms with Crippen molar-refractivity contribution in [3.05, 3.63) is 34.9 Å². The molecule has 0 saturated carbocycles. The summed E-state index contributed by atoms with van der Waals surface area (Å²) in [6.45, 7) is 2.03. The molecule has 2 rings (SSSR count). The summed E-state index contributed by atoms with van der Waals surface area (Å²) < 4.78 is 5.44. The molecule has 0 radical (unpaired) electrons. The average Bonchev–Trinajstić information content (AvgIpc) is 2.46. The number of nitrogens with one attached hydrogen (secondary N) is 1. The van der Waals surface area contributed by atoms with Crippen LogP contribution in [0.1, 0.15) is 18.4 Å². The van der Waals surface area contributed by atoms with Crippen molar-refractivity contribution >= 4 is 17.5 Å². The molecule has 5 heteroatoms. The Morgan fingerprint density at radius 1 is 1.32 bits per heavy atom. The zero-order valence-electron chi connectivity index (χ0n) is 10.8. The van der Waals surface area contributed by atoms with E-state index in [9.17, 15) is 4.79 Å². The molecule has 0 unspecified atom stereocenters. The Kier molecular flexibility index (Phi) is 4.80. The minimum Gasteiger partial charge on any atom is -0.381 e. The fourth-order valence-corrected chi connectivity index (χ4v) is 2.60. The molecule has 0 aliphatic carbocycles. The van der Waals surface area contributed by atoms with E-state index in [1.54, 1.807) is 0 Å². The third-order valence-electron chi connectivity index (χ3n) is 3.72. The molecule has 4 nitrogen and oxygen atoms in total. The molecule has 1 saturated heterocycles. The quantitative estimate of drug-likeness (QED) is 0.879. The van der Waals surface area contributed by atoms with Crippen molar-refractivity contribution in [2.24, 2.45) is 5.73 Å². The van der Waals surface area contributed by atoms with Crippen molar-refractivity contribution in [1.29, 1.82) is 0 Å². The molecule has 1 aromatic rings. The molecule has 1 aliphatic heterocycles. The van der Waals surface area contributed by atoms with Crippen molar-refractivity contribution in [1.82, 2.24) is 5.32 Å². The van der Waals surface area contributed by atoms with Gasteiger partial charge in [0.2, 0.25) is 5.91 Å². The SMILES string of the molecule is NCC(=O)NCC1(c2ccc(Cl)cc2)CCOCC1. The van der Waals surface area contributed by atoms with Crippen LogP contribution in [0.2, 0.25) is 5.02 Å². The van der Waals surface area contributed by atoms with Crippen molar-refractivity contribution in [2.45, 2.75) is 18.3 Å². The molecule has 104 valence electrons. The van der Waals surface area contributed by atoms with Crippen LogP contribution >= 0.6 is 11.6 Å². The first-order valence-electron chi connectivity index (χ1n) is 6.47. The van der Waals surface area contributed by atoms with Gasteiger partial charge in [-0.05, 0) is 30.5 Å². The number of ether oxygens (including phenoxy) is 1. The van der Waals surface area contributed by atoms with E-state index in [0.29, 0.717) is 19.8 Å². The van der Waals surface area contributed by atoms with Gasteiger partial charge >= 0.3 is 0 Å². The predicted molar refractivity (Wildman–Crippen MR) is 75.2 cm³/mol. The number of amides is 1. The van der Waals surface area contributed by atoms with E-state index >= 15 is 0 Å². The minimum absolute atomic E-state index is 0.0210. The fourth-order valence-electron chi connectivity index (χ4n) is 2.47. The number of nitrogens with two attached hydrogens (primary N) is 1. The standard InChI is InChI=1S/C14H19ClN2O2/c15-12-3-1-11(2-4-12)14(5-7-19-8-6-14)10-17-13(18)9-16/h1-4H,5-10,16H2,(H,17,18). The molecule has 1 heterocycles. The Balaban J connectivity index is 2.18. The average molecular weight is 283 g/mol. The highest BCUT2D eigenvalue weighted by Gasteiger charge is 2.34. The van der Waals surface area contributed by atoms with Crippen LogP contribution < -0.4 is 11.1 Å². The Morgan fingerprint density at radius 3 is 2.53 bits per heavy atom. The Labute approximate surface area is 118 Å². The summed E-state index contributed by atoms with van der Waals surface area (Å²) in [6.07, 6.45) is 1.78. The molecular formula is C14H19ClN2O2. The highest BCUT2D eigenvalue weighted by atomic mass is 35.5. The number of benzene rings is 1. The van der Waals surface area contributed by atoms with E-state index in [2.05, 4.69) is 5.32 Å². The fraction of sp³-hybridized carbons (Fsp3) is 0.500. The summed E-state index contributed by atoms with van der Waals surface area (Å²) in [5.74, 6) is -0.125. The lowest BCUT2D eigenvalue weighted by atomic mass is 9.74. The van der Waals surface area contributed by atoms with Crippen molar-refractivity contribution in [3.63, 3.8) is 0 Å². The lowest BCUT2D eigenvalue weighted by molar-refractivity contribution is -0.120. The van der Waals surface area contributed by atoms with Gasteiger partial charge in [0.1, 0.15) is 0 Å². The Bertz CT molecular complexity index is 428. The van der Waals surface area contributed by atoms with Gasteiger partial charge in [-0.2, -0.15) is 0 Å². The van der Waals surface area contributed by atoms with Gasteiger partial charge in [-0.25, -0.2) is 0 Å². The highest BCUT2D eigenvalue weighted by molar-refractivity contribution is 6.30. The molecule has 0 aromatic heterocycles. The van der Waals surface area contributed by atoms with E-state index in [1.807, 2.05) is 24.3 Å². The number of hydrogen-bond acceptors (Lipinski definition) is 3.